The van der Waals surface area contributed by atoms with Crippen molar-refractivity contribution < 1.29 is 48.0 Å². The summed E-state index contributed by atoms with van der Waals surface area (Å²) < 4.78 is 29.0. The maximum atomic E-state index is 15.2. The highest BCUT2D eigenvalue weighted by Gasteiger charge is 2.80. The predicted molar refractivity (Wildman–Crippen MR) is 321 cm³/mol. The Kier molecular flexibility index (Phi) is 15.1. The molecule has 13 rings (SSSR count). The zero-order valence-corrected chi connectivity index (χ0v) is 50.3. The van der Waals surface area contributed by atoms with E-state index in [1.54, 1.807) is 12.0 Å². The molecule has 17 heteroatoms. The molecule has 1 saturated carbocycles. The third-order valence-corrected chi connectivity index (χ3v) is 20.4. The number of likely N-dealkylation sites (tertiary alicyclic amines) is 1. The van der Waals surface area contributed by atoms with Crippen LogP contribution in [0.25, 0.3) is 16.5 Å². The van der Waals surface area contributed by atoms with E-state index >= 15 is 4.79 Å². The average molecular weight is 1160 g/mol. The van der Waals surface area contributed by atoms with Gasteiger partial charge in [0.1, 0.15) is 11.2 Å². The van der Waals surface area contributed by atoms with Gasteiger partial charge < -0.3 is 43.6 Å². The molecule has 16 nitrogen and oxygen atoms in total. The van der Waals surface area contributed by atoms with Crippen LogP contribution in [0.5, 0.6) is 5.75 Å². The van der Waals surface area contributed by atoms with Crippen LogP contribution in [0.3, 0.4) is 0 Å². The Morgan fingerprint density at radius 2 is 1.64 bits per heavy atom. The van der Waals surface area contributed by atoms with E-state index in [0.717, 1.165) is 89.3 Å². The number of aromatic nitrogens is 2. The predicted octanol–water partition coefficient (Wildman–Crippen LogP) is 9.64. The number of para-hydroxylation sites is 1. The zero-order chi connectivity index (χ0) is 59.0. The van der Waals surface area contributed by atoms with Gasteiger partial charge in [-0.15, -0.1) is 0 Å². The van der Waals surface area contributed by atoms with Crippen molar-refractivity contribution in [1.29, 1.82) is 0 Å². The first kappa shape index (κ1) is 57.5. The topological polar surface area (TPSA) is 176 Å². The number of nitrogens with zero attached hydrogens (tertiary/aromatic N) is 5. The number of likely N-dealkylation sites (N-methyl/N-ethyl adjacent to an activating group) is 1. The van der Waals surface area contributed by atoms with Gasteiger partial charge in [-0.05, 0) is 129 Å². The van der Waals surface area contributed by atoms with Gasteiger partial charge in [0.15, 0.2) is 6.10 Å². The van der Waals surface area contributed by atoms with Gasteiger partial charge in [0.05, 0.1) is 39.7 Å². The van der Waals surface area contributed by atoms with E-state index in [2.05, 4.69) is 76.3 Å². The van der Waals surface area contributed by atoms with E-state index in [-0.39, 0.29) is 24.0 Å². The molecule has 3 aromatic carbocycles. The van der Waals surface area contributed by atoms with Crippen molar-refractivity contribution in [2.75, 3.05) is 79.2 Å². The summed E-state index contributed by atoms with van der Waals surface area (Å²) in [5.74, 6) is -1.31. The van der Waals surface area contributed by atoms with Gasteiger partial charge in [-0.3, -0.25) is 24.4 Å². The van der Waals surface area contributed by atoms with Gasteiger partial charge in [0.25, 0.3) is 0 Å². The van der Waals surface area contributed by atoms with Crippen LogP contribution in [0.15, 0.2) is 102 Å². The molecule has 84 heavy (non-hydrogen) atoms. The number of hydrogen-bond acceptors (Lipinski definition) is 14. The summed E-state index contributed by atoms with van der Waals surface area (Å²) in [6.45, 7) is 12.8. The van der Waals surface area contributed by atoms with Gasteiger partial charge >= 0.3 is 24.0 Å². The van der Waals surface area contributed by atoms with E-state index < -0.39 is 45.9 Å². The number of aliphatic hydroxyl groups is 1. The molecule has 442 valence electrons. The van der Waals surface area contributed by atoms with Crippen molar-refractivity contribution >= 4 is 57.8 Å². The van der Waals surface area contributed by atoms with E-state index in [1.165, 1.54) is 54.6 Å². The van der Waals surface area contributed by atoms with Crippen molar-refractivity contribution in [3.63, 3.8) is 0 Å². The van der Waals surface area contributed by atoms with Crippen LogP contribution in [0, 0.1) is 11.3 Å². The maximum Gasteiger partial charge on any atom is 0.409 e. The lowest BCUT2D eigenvalue weighted by Crippen LogP contribution is -2.81. The highest BCUT2D eigenvalue weighted by molar-refractivity contribution is 6.30. The fourth-order valence-electron chi connectivity index (χ4n) is 16.9. The summed E-state index contributed by atoms with van der Waals surface area (Å²) in [5.41, 5.74) is 8.51. The fraction of sp³-hybridized carbons (Fsp3) is 0.478. The molecular weight excluding hydrogens is 1080 g/mol. The summed E-state index contributed by atoms with van der Waals surface area (Å²) in [7, 11) is 6.22. The Morgan fingerprint density at radius 1 is 0.869 bits per heavy atom. The molecule has 9 atom stereocenters. The van der Waals surface area contributed by atoms with Crippen LogP contribution < -0.4 is 9.64 Å². The van der Waals surface area contributed by atoms with Crippen molar-refractivity contribution in [2.45, 2.75) is 120 Å². The summed E-state index contributed by atoms with van der Waals surface area (Å²) >= 11 is 6.27. The smallest absolute Gasteiger partial charge is 0.409 e. The number of pyridine rings is 1. The second kappa shape index (κ2) is 22.1. The van der Waals surface area contributed by atoms with Gasteiger partial charge in [0, 0.05) is 121 Å². The first-order chi connectivity index (χ1) is 40.6. The quantitative estimate of drug-likeness (QED) is 0.0853. The number of nitrogens with one attached hydrogen (secondary N) is 1. The van der Waals surface area contributed by atoms with Gasteiger partial charge in [0.2, 0.25) is 5.60 Å². The Morgan fingerprint density at radius 3 is 2.37 bits per heavy atom. The maximum absolute atomic E-state index is 15.2. The number of rotatable bonds is 8. The molecule has 1 spiro atoms. The standard InChI is InChI=1S/C45H54N4O8.C22H23ClN2O2/c1-8-27-19-28-22-44(40(51)55-6,36-30(25-48(23-27)24-28)29-13-10-11-14-33(29)46-36)32-20-31-34(21-35(32)54-5)47(4)38-43(31)16-18-49-17-12-15-42(9-2,37(43)49)39(57-26(3)50)45(38,53)41(52)56-7;1-2-27-22(26)25-12-9-15(10-13-25)20-19-8-7-18(23)14-17(19)6-5-16-4-3-11-24-21(16)20/h10-15,19-21,28,37-39,46,53H,8-9,16-18,22-25H2,1-7H3;3-4,7-8,11,14H,2,5-6,9-10,12-13H2,1H3/t28-,37-,38+,39+,42+,43+,44-,45-;/m0./s1. The number of benzene rings is 3. The van der Waals surface area contributed by atoms with Gasteiger partial charge in [-0.25, -0.2) is 9.59 Å². The molecule has 3 fully saturated rings. The molecule has 8 heterocycles. The van der Waals surface area contributed by atoms with Crippen LogP contribution in [-0.4, -0.2) is 152 Å². The summed E-state index contributed by atoms with van der Waals surface area (Å²) in [6.07, 6.45) is 12.9. The van der Waals surface area contributed by atoms with Crippen LogP contribution in [0.4, 0.5) is 10.5 Å². The zero-order valence-electron chi connectivity index (χ0n) is 49.5. The first-order valence-corrected chi connectivity index (χ1v) is 30.3. The number of fused-ring (bicyclic) bond motifs is 8. The van der Waals surface area contributed by atoms with Gasteiger partial charge in [-0.1, -0.05) is 85.2 Å². The molecule has 2 N–H and O–H groups in total. The lowest BCUT2D eigenvalue weighted by atomic mass is 9.47. The summed E-state index contributed by atoms with van der Waals surface area (Å²) in [4.78, 5) is 71.7. The van der Waals surface area contributed by atoms with E-state index in [9.17, 15) is 19.5 Å². The van der Waals surface area contributed by atoms with Crippen molar-refractivity contribution in [3.05, 3.63) is 152 Å². The highest BCUT2D eigenvalue weighted by atomic mass is 35.5. The number of esters is 3. The summed E-state index contributed by atoms with van der Waals surface area (Å²) in [5, 5.41) is 15.1. The fourth-order valence-corrected chi connectivity index (χ4v) is 17.1. The van der Waals surface area contributed by atoms with E-state index in [0.29, 0.717) is 69.9 Å². The Hall–Kier alpha value is -6.98. The lowest BCUT2D eigenvalue weighted by molar-refractivity contribution is -0.228. The number of aryl methyl sites for hydroxylation is 2. The van der Waals surface area contributed by atoms with Crippen molar-refractivity contribution in [2.24, 2.45) is 11.3 Å². The van der Waals surface area contributed by atoms with Crippen LogP contribution >= 0.6 is 11.6 Å². The number of anilines is 1. The van der Waals surface area contributed by atoms with Crippen molar-refractivity contribution in [3.8, 4) is 5.75 Å². The second-order valence-corrected chi connectivity index (χ2v) is 24.6. The van der Waals surface area contributed by atoms with Crippen molar-refractivity contribution in [1.82, 2.24) is 24.7 Å². The van der Waals surface area contributed by atoms with E-state index in [4.69, 9.17) is 40.3 Å². The Bertz CT molecular complexity index is 3570. The number of piperidine rings is 1. The number of aromatic amines is 1. The number of ether oxygens (including phenoxy) is 5. The Balaban J connectivity index is 0.000000214. The van der Waals surface area contributed by atoms with Crippen LogP contribution in [-0.2, 0) is 63.5 Å². The SMILES string of the molecule is CCC1=C[C@@H]2CN(C1)Cc1c([nH]c3ccccc13)[C@@](C(=O)OC)(c1cc3c(cc1OC)N(C)[C@H]1[C@@](O)(C(=O)OC)[C@H](OC(C)=O)[C@]4(CC)C=CCN5CC[C@]31[C@@H]54)C2.CCOC(=O)N1CCC(=C2c3ccc(Cl)cc3CCc3cccnc32)CC1. The number of carbonyl (C=O) groups is 4. The number of H-pyrrole nitrogens is 1. The molecule has 2 saturated heterocycles. The molecule has 2 bridgehead atoms. The van der Waals surface area contributed by atoms with E-state index in [1.807, 2.05) is 62.3 Å². The largest absolute Gasteiger partial charge is 0.496 e. The normalized spacial score (nSPS) is 29.0. The molecule has 5 aromatic rings. The number of halogens is 1. The Labute approximate surface area is 496 Å². The second-order valence-electron chi connectivity index (χ2n) is 24.2. The number of amides is 1. The molecule has 2 aliphatic carbocycles. The van der Waals surface area contributed by atoms with Crippen LogP contribution in [0.2, 0.25) is 5.02 Å². The molecule has 2 aromatic heterocycles. The molecule has 8 aliphatic rings. The lowest BCUT2D eigenvalue weighted by Gasteiger charge is -2.63. The third-order valence-electron chi connectivity index (χ3n) is 20.1. The number of methoxy groups -OCH3 is 3. The van der Waals surface area contributed by atoms with Gasteiger partial charge in [-0.2, -0.15) is 0 Å². The minimum absolute atomic E-state index is 0.0284. The first-order valence-electron chi connectivity index (χ1n) is 29.9. The summed E-state index contributed by atoms with van der Waals surface area (Å²) in [6, 6.07) is 21.5. The molecular formula is C67H77ClN6O10. The molecule has 1 amide bonds. The number of hydrogen-bond donors (Lipinski definition) is 2. The third kappa shape index (κ3) is 8.73. The molecule has 1 unspecified atom stereocenters. The highest BCUT2D eigenvalue weighted by Crippen LogP contribution is 2.68. The molecule has 6 aliphatic heterocycles. The monoisotopic (exact) mass is 1160 g/mol. The average Bonchev–Trinajstić information content (AvgIpc) is 1.44. The number of carbonyl (C=O) groups excluding carboxylic acids is 4. The minimum atomic E-state index is -2.27. The molecule has 0 radical (unpaired) electrons. The van der Waals surface area contributed by atoms with Crippen LogP contribution in [0.1, 0.15) is 111 Å². The minimum Gasteiger partial charge on any atom is -0.496 e.